The number of benzene rings is 2. The molecule has 2 aromatic carbocycles. The lowest BCUT2D eigenvalue weighted by Gasteiger charge is -2.35. The fourth-order valence-electron chi connectivity index (χ4n) is 3.57. The van der Waals surface area contributed by atoms with Crippen molar-refractivity contribution in [3.63, 3.8) is 0 Å². The van der Waals surface area contributed by atoms with Crippen LogP contribution in [0.1, 0.15) is 38.7 Å². The third-order valence-electron chi connectivity index (χ3n) is 5.49. The van der Waals surface area contributed by atoms with E-state index in [0.29, 0.717) is 42.7 Å². The summed E-state index contributed by atoms with van der Waals surface area (Å²) in [5.41, 5.74) is 2.02. The second-order valence-corrected chi connectivity index (χ2v) is 9.68. The van der Waals surface area contributed by atoms with E-state index in [9.17, 15) is 8.42 Å². The molecule has 0 aromatic heterocycles. The lowest BCUT2D eigenvalue weighted by atomic mass is 9.98. The first-order valence-electron chi connectivity index (χ1n) is 10.1. The van der Waals surface area contributed by atoms with Crippen LogP contribution in [0.3, 0.4) is 0 Å². The van der Waals surface area contributed by atoms with Crippen LogP contribution in [0.25, 0.3) is 0 Å². The van der Waals surface area contributed by atoms with Gasteiger partial charge in [0.25, 0.3) is 0 Å². The molecular formula is C22H29ClN2O3S. The van der Waals surface area contributed by atoms with E-state index >= 15 is 0 Å². The van der Waals surface area contributed by atoms with E-state index in [1.54, 1.807) is 22.5 Å². The van der Waals surface area contributed by atoms with Crippen LogP contribution in [-0.4, -0.2) is 45.5 Å². The van der Waals surface area contributed by atoms with Crippen molar-refractivity contribution in [3.05, 3.63) is 53.1 Å². The molecule has 2 aromatic rings. The largest absolute Gasteiger partial charge is 0.494 e. The summed E-state index contributed by atoms with van der Waals surface area (Å²) in [5, 5.41) is 0.697. The molecule has 158 valence electrons. The van der Waals surface area contributed by atoms with E-state index in [0.717, 1.165) is 23.4 Å². The van der Waals surface area contributed by atoms with E-state index in [4.69, 9.17) is 16.3 Å². The summed E-state index contributed by atoms with van der Waals surface area (Å²) in [6.45, 7) is 8.89. The van der Waals surface area contributed by atoms with Crippen LogP contribution in [0.4, 0.5) is 5.69 Å². The van der Waals surface area contributed by atoms with Gasteiger partial charge in [-0.05, 0) is 67.3 Å². The van der Waals surface area contributed by atoms with Crippen LogP contribution in [0.15, 0.2) is 47.4 Å². The molecule has 0 bridgehead atoms. The molecule has 1 heterocycles. The third-order valence-corrected chi connectivity index (χ3v) is 7.64. The Balaban J connectivity index is 1.78. The lowest BCUT2D eigenvalue weighted by molar-refractivity contribution is 0.334. The van der Waals surface area contributed by atoms with E-state index in [1.807, 2.05) is 31.2 Å². The molecule has 1 aliphatic rings. The van der Waals surface area contributed by atoms with Crippen molar-refractivity contribution in [2.24, 2.45) is 0 Å². The van der Waals surface area contributed by atoms with Crippen LogP contribution in [0.2, 0.25) is 5.02 Å². The number of nitrogens with zero attached hydrogens (tertiary/aromatic N) is 2. The van der Waals surface area contributed by atoms with Crippen molar-refractivity contribution in [1.82, 2.24) is 4.31 Å². The lowest BCUT2D eigenvalue weighted by Crippen LogP contribution is -2.48. The monoisotopic (exact) mass is 436 g/mol. The number of anilines is 1. The van der Waals surface area contributed by atoms with Crippen molar-refractivity contribution in [2.45, 2.75) is 38.0 Å². The quantitative estimate of drug-likeness (QED) is 0.627. The molecular weight excluding hydrogens is 408 g/mol. The molecule has 1 aliphatic heterocycles. The van der Waals surface area contributed by atoms with Crippen molar-refractivity contribution >= 4 is 27.3 Å². The first-order chi connectivity index (χ1) is 13.9. The highest BCUT2D eigenvalue weighted by atomic mass is 35.5. The minimum atomic E-state index is -3.54. The second kappa shape index (κ2) is 9.37. The molecule has 1 fully saturated rings. The number of rotatable bonds is 7. The number of halogens is 1. The molecule has 0 radical (unpaired) electrons. The number of piperazine rings is 1. The fourth-order valence-corrected chi connectivity index (χ4v) is 5.15. The Kier molecular flexibility index (Phi) is 7.09. The van der Waals surface area contributed by atoms with Gasteiger partial charge in [-0.25, -0.2) is 8.42 Å². The van der Waals surface area contributed by atoms with Gasteiger partial charge >= 0.3 is 0 Å². The molecule has 1 saturated heterocycles. The minimum Gasteiger partial charge on any atom is -0.494 e. The SMILES string of the molecule is CCOc1ccc(S(=O)(=O)N2CCN(c3ccc(Cl)cc3)CC2)cc1[C@@H](C)CC. The molecule has 1 atom stereocenters. The van der Waals surface area contributed by atoms with E-state index < -0.39 is 10.0 Å². The molecule has 5 nitrogen and oxygen atoms in total. The molecule has 29 heavy (non-hydrogen) atoms. The predicted molar refractivity (Wildman–Crippen MR) is 119 cm³/mol. The van der Waals surface area contributed by atoms with E-state index in [2.05, 4.69) is 18.7 Å². The Bertz CT molecular complexity index is 924. The topological polar surface area (TPSA) is 49.9 Å². The first kappa shape index (κ1) is 21.9. The van der Waals surface area contributed by atoms with E-state index in [1.165, 1.54) is 0 Å². The van der Waals surface area contributed by atoms with Gasteiger partial charge in [0.1, 0.15) is 5.75 Å². The summed E-state index contributed by atoms with van der Waals surface area (Å²) in [4.78, 5) is 2.53. The maximum atomic E-state index is 13.3. The van der Waals surface area contributed by atoms with Gasteiger partial charge in [0.15, 0.2) is 0 Å². The summed E-state index contributed by atoms with van der Waals surface area (Å²) in [7, 11) is -3.54. The van der Waals surface area contributed by atoms with Crippen molar-refractivity contribution in [3.8, 4) is 5.75 Å². The van der Waals surface area contributed by atoms with Crippen LogP contribution < -0.4 is 9.64 Å². The number of hydrogen-bond acceptors (Lipinski definition) is 4. The Hall–Kier alpha value is -1.76. The van der Waals surface area contributed by atoms with Gasteiger partial charge in [-0.1, -0.05) is 25.4 Å². The van der Waals surface area contributed by atoms with Gasteiger partial charge in [-0.15, -0.1) is 0 Å². The van der Waals surface area contributed by atoms with Gasteiger partial charge in [0, 0.05) is 36.9 Å². The third kappa shape index (κ3) is 4.87. The second-order valence-electron chi connectivity index (χ2n) is 7.31. The molecule has 0 N–H and O–H groups in total. The van der Waals surface area contributed by atoms with Crippen molar-refractivity contribution in [2.75, 3.05) is 37.7 Å². The van der Waals surface area contributed by atoms with Crippen molar-refractivity contribution in [1.29, 1.82) is 0 Å². The molecule has 7 heteroatoms. The Morgan fingerprint density at radius 3 is 2.28 bits per heavy atom. The van der Waals surface area contributed by atoms with Crippen molar-refractivity contribution < 1.29 is 13.2 Å². The number of ether oxygens (including phenoxy) is 1. The van der Waals surface area contributed by atoms with E-state index in [-0.39, 0.29) is 5.92 Å². The highest BCUT2D eigenvalue weighted by Crippen LogP contribution is 2.32. The Morgan fingerprint density at radius 2 is 1.69 bits per heavy atom. The summed E-state index contributed by atoms with van der Waals surface area (Å²) in [6, 6.07) is 12.9. The summed E-state index contributed by atoms with van der Waals surface area (Å²) in [5.74, 6) is 1.00. The van der Waals surface area contributed by atoms with Crippen LogP contribution >= 0.6 is 11.6 Å². The molecule has 0 aliphatic carbocycles. The van der Waals surface area contributed by atoms with Gasteiger partial charge in [0.2, 0.25) is 10.0 Å². The standard InChI is InChI=1S/C22H29ClN2O3S/c1-4-17(3)21-16-20(10-11-22(21)28-5-2)29(26,27)25-14-12-24(13-15-25)19-8-6-18(23)7-9-19/h6-11,16-17H,4-5,12-15H2,1-3H3/t17-/m0/s1. The van der Waals surface area contributed by atoms with Gasteiger partial charge < -0.3 is 9.64 Å². The zero-order valence-corrected chi connectivity index (χ0v) is 18.8. The average Bonchev–Trinajstić information content (AvgIpc) is 2.74. The first-order valence-corrected chi connectivity index (χ1v) is 12.0. The average molecular weight is 437 g/mol. The van der Waals surface area contributed by atoms with Crippen LogP contribution in [0, 0.1) is 0 Å². The smallest absolute Gasteiger partial charge is 0.243 e. The maximum absolute atomic E-state index is 13.3. The highest BCUT2D eigenvalue weighted by molar-refractivity contribution is 7.89. The van der Waals surface area contributed by atoms with Crippen LogP contribution in [-0.2, 0) is 10.0 Å². The maximum Gasteiger partial charge on any atom is 0.243 e. The van der Waals surface area contributed by atoms with Gasteiger partial charge in [0.05, 0.1) is 11.5 Å². The number of hydrogen-bond donors (Lipinski definition) is 0. The normalized spacial score (nSPS) is 16.6. The zero-order chi connectivity index (χ0) is 21.0. The van der Waals surface area contributed by atoms with Gasteiger partial charge in [-0.3, -0.25) is 0 Å². The summed E-state index contributed by atoms with van der Waals surface area (Å²) in [6.07, 6.45) is 0.920. The predicted octanol–water partition coefficient (Wildman–Crippen LogP) is 4.76. The summed E-state index contributed by atoms with van der Waals surface area (Å²) < 4.78 is 33.8. The number of sulfonamides is 1. The highest BCUT2D eigenvalue weighted by Gasteiger charge is 2.29. The molecule has 0 saturated carbocycles. The van der Waals surface area contributed by atoms with Crippen LogP contribution in [0.5, 0.6) is 5.75 Å². The van der Waals surface area contributed by atoms with Gasteiger partial charge in [-0.2, -0.15) is 4.31 Å². The molecule has 0 spiro atoms. The minimum absolute atomic E-state index is 0.230. The summed E-state index contributed by atoms with van der Waals surface area (Å²) >= 11 is 5.96. The zero-order valence-electron chi connectivity index (χ0n) is 17.3. The molecule has 0 unspecified atom stereocenters. The molecule has 0 amide bonds. The Morgan fingerprint density at radius 1 is 1.03 bits per heavy atom. The Labute approximate surface area is 179 Å². The fraction of sp³-hybridized carbons (Fsp3) is 0.455. The molecule has 3 rings (SSSR count).